The van der Waals surface area contributed by atoms with Crippen molar-refractivity contribution in [1.29, 1.82) is 0 Å². The number of hydrogen-bond donors (Lipinski definition) is 1. The van der Waals surface area contributed by atoms with E-state index in [9.17, 15) is 4.79 Å². The molecule has 2 rings (SSSR count). The van der Waals surface area contributed by atoms with Gasteiger partial charge in [0.25, 0.3) is 0 Å². The van der Waals surface area contributed by atoms with Crippen LogP contribution in [0.25, 0.3) is 0 Å². The van der Waals surface area contributed by atoms with E-state index >= 15 is 0 Å². The predicted molar refractivity (Wildman–Crippen MR) is 74.4 cm³/mol. The maximum Gasteiger partial charge on any atom is 0.335 e. The Hall–Kier alpha value is -1.88. The average Bonchev–Trinajstić information content (AvgIpc) is 2.37. The highest BCUT2D eigenvalue weighted by atomic mass is 79.9. The van der Waals surface area contributed by atoms with Crippen LogP contribution in [-0.4, -0.2) is 16.1 Å². The summed E-state index contributed by atoms with van der Waals surface area (Å²) in [5.74, 6) is -0.374. The van der Waals surface area contributed by atoms with Crippen LogP contribution < -0.4 is 4.74 Å². The molecule has 19 heavy (non-hydrogen) atoms. The molecule has 4 nitrogen and oxygen atoms in total. The maximum absolute atomic E-state index is 10.8. The van der Waals surface area contributed by atoms with Gasteiger partial charge in [-0.25, -0.2) is 4.79 Å². The topological polar surface area (TPSA) is 59.4 Å². The number of carboxylic acids is 1. The molecule has 2 aromatic rings. The fourth-order valence-electron chi connectivity index (χ4n) is 1.58. The summed E-state index contributed by atoms with van der Waals surface area (Å²) >= 11 is 3.29. The molecule has 1 N–H and O–H groups in total. The van der Waals surface area contributed by atoms with Gasteiger partial charge in [0.1, 0.15) is 12.4 Å². The smallest absolute Gasteiger partial charge is 0.335 e. The van der Waals surface area contributed by atoms with E-state index in [2.05, 4.69) is 20.9 Å². The zero-order chi connectivity index (χ0) is 13.8. The number of aryl methyl sites for hydroxylation is 1. The summed E-state index contributed by atoms with van der Waals surface area (Å²) in [6, 6.07) is 10.4. The highest BCUT2D eigenvalue weighted by molar-refractivity contribution is 9.10. The molecular formula is C14H12BrNO3. The van der Waals surface area contributed by atoms with Gasteiger partial charge in [0.05, 0.1) is 15.7 Å². The molecule has 0 aliphatic heterocycles. The minimum absolute atomic E-state index is 0.216. The third-order valence-corrected chi connectivity index (χ3v) is 3.12. The van der Waals surface area contributed by atoms with E-state index in [-0.39, 0.29) is 5.56 Å². The molecule has 0 radical (unpaired) electrons. The first-order valence-electron chi connectivity index (χ1n) is 5.64. The van der Waals surface area contributed by atoms with Gasteiger partial charge in [0.15, 0.2) is 0 Å². The number of pyridine rings is 1. The molecule has 1 aromatic carbocycles. The van der Waals surface area contributed by atoms with Crippen LogP contribution in [0.3, 0.4) is 0 Å². The van der Waals surface area contributed by atoms with Gasteiger partial charge in [-0.05, 0) is 53.2 Å². The molecule has 1 heterocycles. The number of hydrogen-bond acceptors (Lipinski definition) is 3. The highest BCUT2D eigenvalue weighted by Gasteiger charge is 2.08. The average molecular weight is 322 g/mol. The lowest BCUT2D eigenvalue weighted by Gasteiger charge is -2.08. The fraction of sp³-hybridized carbons (Fsp3) is 0.143. The van der Waals surface area contributed by atoms with Crippen molar-refractivity contribution in [3.8, 4) is 5.75 Å². The number of carbonyl (C=O) groups is 1. The van der Waals surface area contributed by atoms with Crippen LogP contribution in [0.1, 0.15) is 21.7 Å². The van der Waals surface area contributed by atoms with Crippen LogP contribution in [0.4, 0.5) is 0 Å². The highest BCUT2D eigenvalue weighted by Crippen LogP contribution is 2.26. The Bertz CT molecular complexity index is 613. The summed E-state index contributed by atoms with van der Waals surface area (Å²) in [6.07, 6.45) is 0. The number of rotatable bonds is 4. The number of nitrogens with zero attached hydrogens (tertiary/aromatic N) is 1. The number of halogens is 1. The Morgan fingerprint density at radius 1 is 1.37 bits per heavy atom. The van der Waals surface area contributed by atoms with Crippen molar-refractivity contribution in [2.45, 2.75) is 13.5 Å². The van der Waals surface area contributed by atoms with E-state index in [0.29, 0.717) is 16.8 Å². The van der Waals surface area contributed by atoms with Gasteiger partial charge in [-0.15, -0.1) is 0 Å². The number of aromatic nitrogens is 1. The number of aromatic carboxylic acids is 1. The third-order valence-electron chi connectivity index (χ3n) is 2.50. The van der Waals surface area contributed by atoms with Crippen LogP contribution in [-0.2, 0) is 6.61 Å². The molecule has 98 valence electrons. The Balaban J connectivity index is 2.10. The van der Waals surface area contributed by atoms with E-state index in [4.69, 9.17) is 9.84 Å². The zero-order valence-corrected chi connectivity index (χ0v) is 11.8. The van der Waals surface area contributed by atoms with Crippen LogP contribution >= 0.6 is 15.9 Å². The molecular weight excluding hydrogens is 310 g/mol. The largest absolute Gasteiger partial charge is 0.486 e. The molecule has 0 saturated heterocycles. The SMILES string of the molecule is Cc1cccc(COc2ccc(C(=O)O)cc2Br)n1. The van der Waals surface area contributed by atoms with Crippen molar-refractivity contribution in [3.05, 3.63) is 57.8 Å². The Labute approximate surface area is 119 Å². The van der Waals surface area contributed by atoms with E-state index in [0.717, 1.165) is 11.4 Å². The van der Waals surface area contributed by atoms with Crippen LogP contribution in [0.2, 0.25) is 0 Å². The first-order chi connectivity index (χ1) is 9.06. The molecule has 0 atom stereocenters. The van der Waals surface area contributed by atoms with E-state index < -0.39 is 5.97 Å². The zero-order valence-electron chi connectivity index (χ0n) is 10.3. The molecule has 0 unspecified atom stereocenters. The summed E-state index contributed by atoms with van der Waals surface area (Å²) in [7, 11) is 0. The normalized spacial score (nSPS) is 10.2. The van der Waals surface area contributed by atoms with Gasteiger partial charge in [-0.2, -0.15) is 0 Å². The quantitative estimate of drug-likeness (QED) is 0.937. The molecule has 0 fully saturated rings. The van der Waals surface area contributed by atoms with Gasteiger partial charge in [0, 0.05) is 5.69 Å². The van der Waals surface area contributed by atoms with Gasteiger partial charge < -0.3 is 9.84 Å². The second-order valence-corrected chi connectivity index (χ2v) is 4.86. The lowest BCUT2D eigenvalue weighted by molar-refractivity contribution is 0.0696. The van der Waals surface area contributed by atoms with Crippen molar-refractivity contribution in [3.63, 3.8) is 0 Å². The summed E-state index contributed by atoms with van der Waals surface area (Å²) in [4.78, 5) is 15.1. The van der Waals surface area contributed by atoms with Crippen molar-refractivity contribution >= 4 is 21.9 Å². The van der Waals surface area contributed by atoms with Gasteiger partial charge in [-0.3, -0.25) is 4.98 Å². The summed E-state index contributed by atoms with van der Waals surface area (Å²) in [6.45, 7) is 2.26. The lowest BCUT2D eigenvalue weighted by Crippen LogP contribution is -2.01. The minimum Gasteiger partial charge on any atom is -0.486 e. The Kier molecular flexibility index (Phi) is 4.16. The molecule has 0 saturated carbocycles. The second-order valence-electron chi connectivity index (χ2n) is 4.01. The second kappa shape index (κ2) is 5.84. The molecule has 0 amide bonds. The summed E-state index contributed by atoms with van der Waals surface area (Å²) in [5.41, 5.74) is 1.98. The monoisotopic (exact) mass is 321 g/mol. The molecule has 5 heteroatoms. The van der Waals surface area contributed by atoms with Crippen molar-refractivity contribution in [2.75, 3.05) is 0 Å². The minimum atomic E-state index is -0.965. The molecule has 0 aliphatic rings. The Morgan fingerprint density at radius 2 is 2.16 bits per heavy atom. The summed E-state index contributed by atoms with van der Waals surface area (Å²) < 4.78 is 6.22. The fourth-order valence-corrected chi connectivity index (χ4v) is 2.08. The first-order valence-corrected chi connectivity index (χ1v) is 6.44. The van der Waals surface area contributed by atoms with E-state index in [1.165, 1.54) is 12.1 Å². The molecule has 0 spiro atoms. The molecule has 0 bridgehead atoms. The summed E-state index contributed by atoms with van der Waals surface area (Å²) in [5, 5.41) is 8.87. The number of benzene rings is 1. The van der Waals surface area contributed by atoms with Crippen LogP contribution in [0, 0.1) is 6.92 Å². The maximum atomic E-state index is 10.8. The van der Waals surface area contributed by atoms with Gasteiger partial charge in [0.2, 0.25) is 0 Å². The standard InChI is InChI=1S/C14H12BrNO3/c1-9-3-2-4-11(16-9)8-19-13-6-5-10(14(17)18)7-12(13)15/h2-7H,8H2,1H3,(H,17,18). The first kappa shape index (κ1) is 13.5. The predicted octanol–water partition coefficient (Wildman–Crippen LogP) is 3.43. The van der Waals surface area contributed by atoms with E-state index in [1.54, 1.807) is 6.07 Å². The van der Waals surface area contributed by atoms with Crippen molar-refractivity contribution in [2.24, 2.45) is 0 Å². The van der Waals surface area contributed by atoms with Crippen molar-refractivity contribution in [1.82, 2.24) is 4.98 Å². The molecule has 0 aliphatic carbocycles. The van der Waals surface area contributed by atoms with Gasteiger partial charge in [-0.1, -0.05) is 6.07 Å². The third kappa shape index (κ3) is 3.54. The molecule has 1 aromatic heterocycles. The van der Waals surface area contributed by atoms with Crippen molar-refractivity contribution < 1.29 is 14.6 Å². The lowest BCUT2D eigenvalue weighted by atomic mass is 10.2. The van der Waals surface area contributed by atoms with E-state index in [1.807, 2.05) is 25.1 Å². The van der Waals surface area contributed by atoms with Crippen LogP contribution in [0.15, 0.2) is 40.9 Å². The number of carboxylic acid groups (broad SMARTS) is 1. The van der Waals surface area contributed by atoms with Crippen LogP contribution in [0.5, 0.6) is 5.75 Å². The Morgan fingerprint density at radius 3 is 2.79 bits per heavy atom. The van der Waals surface area contributed by atoms with Gasteiger partial charge >= 0.3 is 5.97 Å². The number of ether oxygens (including phenoxy) is 1.